The molecule has 1 aromatic rings. The molecule has 0 bridgehead atoms. The number of unbranched alkanes of at least 4 members (excludes halogenated alkanes) is 1. The van der Waals surface area contributed by atoms with Crippen molar-refractivity contribution in [3.8, 4) is 5.75 Å². The third-order valence-corrected chi connectivity index (χ3v) is 6.07. The van der Waals surface area contributed by atoms with E-state index in [9.17, 15) is 13.2 Å². The molecule has 1 atom stereocenters. The average Bonchev–Trinajstić information content (AvgIpc) is 2.88. The molecule has 23 heavy (non-hydrogen) atoms. The van der Waals surface area contributed by atoms with E-state index in [1.807, 2.05) is 13.0 Å². The topological polar surface area (TPSA) is 63.7 Å². The second-order valence-electron chi connectivity index (χ2n) is 6.09. The number of ether oxygens (including phenoxy) is 1. The maximum absolute atomic E-state index is 12.9. The van der Waals surface area contributed by atoms with Crippen molar-refractivity contribution in [1.29, 1.82) is 0 Å². The average molecular weight is 339 g/mol. The first-order valence-corrected chi connectivity index (χ1v) is 9.86. The largest absolute Gasteiger partial charge is 0.496 e. The summed E-state index contributed by atoms with van der Waals surface area (Å²) in [4.78, 5) is 14.6. The van der Waals surface area contributed by atoms with Gasteiger partial charge in [-0.15, -0.1) is 0 Å². The Hall–Kier alpha value is -1.56. The molecule has 2 rings (SSSR count). The van der Waals surface area contributed by atoms with Crippen LogP contribution in [0.2, 0.25) is 0 Å². The highest BCUT2D eigenvalue weighted by molar-refractivity contribution is 7.91. The molecule has 1 aliphatic rings. The summed E-state index contributed by atoms with van der Waals surface area (Å²) in [5.41, 5.74) is 1.51. The molecular formula is C17H25NO4S. The number of aryl methyl sites for hydroxylation is 1. The quantitative estimate of drug-likeness (QED) is 0.798. The number of carbonyl (C=O) groups is 1. The first kappa shape index (κ1) is 17.8. The Morgan fingerprint density at radius 2 is 2.13 bits per heavy atom. The van der Waals surface area contributed by atoms with Crippen LogP contribution < -0.4 is 4.74 Å². The molecule has 128 valence electrons. The van der Waals surface area contributed by atoms with Crippen LogP contribution in [-0.4, -0.2) is 50.4 Å². The number of sulfone groups is 1. The molecule has 5 nitrogen and oxygen atoms in total. The third kappa shape index (κ3) is 4.25. The van der Waals surface area contributed by atoms with Gasteiger partial charge in [0.15, 0.2) is 9.84 Å². The van der Waals surface area contributed by atoms with E-state index in [0.717, 1.165) is 18.4 Å². The maximum Gasteiger partial charge on any atom is 0.254 e. The molecule has 1 saturated heterocycles. The van der Waals surface area contributed by atoms with E-state index in [4.69, 9.17) is 4.74 Å². The van der Waals surface area contributed by atoms with Crippen molar-refractivity contribution in [2.75, 3.05) is 25.2 Å². The van der Waals surface area contributed by atoms with Gasteiger partial charge in [-0.05, 0) is 37.5 Å². The Morgan fingerprint density at radius 3 is 2.70 bits per heavy atom. The Balaban J connectivity index is 2.26. The van der Waals surface area contributed by atoms with Crippen LogP contribution in [0.25, 0.3) is 0 Å². The molecule has 0 radical (unpaired) electrons. The first-order chi connectivity index (χ1) is 10.9. The predicted octanol–water partition coefficient (Wildman–Crippen LogP) is 2.43. The summed E-state index contributed by atoms with van der Waals surface area (Å²) in [6.07, 6.45) is 2.35. The maximum atomic E-state index is 12.9. The molecule has 0 aromatic heterocycles. The van der Waals surface area contributed by atoms with Gasteiger partial charge in [-0.25, -0.2) is 8.42 Å². The summed E-state index contributed by atoms with van der Waals surface area (Å²) >= 11 is 0. The number of carbonyl (C=O) groups excluding carboxylic acids is 1. The van der Waals surface area contributed by atoms with Crippen molar-refractivity contribution in [3.63, 3.8) is 0 Å². The standard InChI is InChI=1S/C17H25NO4S/c1-4-5-9-18(15-8-10-23(20,21)12-15)17(19)14-7-6-13(2)16(11-14)22-3/h6-7,11,15H,4-5,8-10,12H2,1-3H3. The zero-order valence-electron chi connectivity index (χ0n) is 14.0. The molecule has 1 heterocycles. The zero-order chi connectivity index (χ0) is 17.0. The molecule has 0 saturated carbocycles. The Morgan fingerprint density at radius 1 is 1.39 bits per heavy atom. The summed E-state index contributed by atoms with van der Waals surface area (Å²) in [6.45, 7) is 4.57. The van der Waals surface area contributed by atoms with Gasteiger partial charge in [-0.3, -0.25) is 4.79 Å². The number of methoxy groups -OCH3 is 1. The molecule has 0 N–H and O–H groups in total. The van der Waals surface area contributed by atoms with Crippen LogP contribution in [-0.2, 0) is 9.84 Å². The smallest absolute Gasteiger partial charge is 0.254 e. The molecular weight excluding hydrogens is 314 g/mol. The summed E-state index contributed by atoms with van der Waals surface area (Å²) in [5, 5.41) is 0. The molecule has 1 aliphatic heterocycles. The fraction of sp³-hybridized carbons (Fsp3) is 0.588. The summed E-state index contributed by atoms with van der Waals surface area (Å²) in [6, 6.07) is 5.16. The summed E-state index contributed by atoms with van der Waals surface area (Å²) in [5.74, 6) is 0.806. The van der Waals surface area contributed by atoms with Crippen molar-refractivity contribution >= 4 is 15.7 Å². The normalized spacial score (nSPS) is 19.5. The molecule has 1 aromatic carbocycles. The van der Waals surface area contributed by atoms with Crippen molar-refractivity contribution < 1.29 is 17.9 Å². The predicted molar refractivity (Wildman–Crippen MR) is 90.7 cm³/mol. The van der Waals surface area contributed by atoms with Crippen LogP contribution in [0.15, 0.2) is 18.2 Å². The summed E-state index contributed by atoms with van der Waals surface area (Å²) < 4.78 is 28.8. The van der Waals surface area contributed by atoms with Gasteiger partial charge in [0.25, 0.3) is 5.91 Å². The van der Waals surface area contributed by atoms with Crippen LogP contribution in [0.1, 0.15) is 42.1 Å². The van der Waals surface area contributed by atoms with Crippen LogP contribution >= 0.6 is 0 Å². The second kappa shape index (κ2) is 7.34. The number of amides is 1. The van der Waals surface area contributed by atoms with E-state index >= 15 is 0 Å². The van der Waals surface area contributed by atoms with Crippen molar-refractivity contribution in [1.82, 2.24) is 4.90 Å². The van der Waals surface area contributed by atoms with E-state index in [1.165, 1.54) is 0 Å². The van der Waals surface area contributed by atoms with Crippen molar-refractivity contribution in [3.05, 3.63) is 29.3 Å². The van der Waals surface area contributed by atoms with E-state index < -0.39 is 9.84 Å². The number of nitrogens with zero attached hydrogens (tertiary/aromatic N) is 1. The van der Waals surface area contributed by atoms with Gasteiger partial charge >= 0.3 is 0 Å². The van der Waals surface area contributed by atoms with Crippen LogP contribution in [0.4, 0.5) is 0 Å². The fourth-order valence-corrected chi connectivity index (χ4v) is 4.65. The monoisotopic (exact) mass is 339 g/mol. The van der Waals surface area contributed by atoms with E-state index in [1.54, 1.807) is 24.1 Å². The second-order valence-corrected chi connectivity index (χ2v) is 8.32. The number of rotatable bonds is 6. The molecule has 1 unspecified atom stereocenters. The van der Waals surface area contributed by atoms with Gasteiger partial charge in [0.1, 0.15) is 5.75 Å². The van der Waals surface area contributed by atoms with Gasteiger partial charge in [0, 0.05) is 18.2 Å². The van der Waals surface area contributed by atoms with Gasteiger partial charge in [-0.1, -0.05) is 19.4 Å². The van der Waals surface area contributed by atoms with Crippen LogP contribution in [0.5, 0.6) is 5.75 Å². The zero-order valence-corrected chi connectivity index (χ0v) is 14.9. The van der Waals surface area contributed by atoms with Gasteiger partial charge in [-0.2, -0.15) is 0 Å². The van der Waals surface area contributed by atoms with Gasteiger partial charge in [0.05, 0.1) is 18.6 Å². The minimum Gasteiger partial charge on any atom is -0.496 e. The van der Waals surface area contributed by atoms with Gasteiger partial charge in [0.2, 0.25) is 0 Å². The fourth-order valence-electron chi connectivity index (χ4n) is 2.92. The number of hydrogen-bond donors (Lipinski definition) is 0. The van der Waals surface area contributed by atoms with Crippen LogP contribution in [0, 0.1) is 6.92 Å². The lowest BCUT2D eigenvalue weighted by Crippen LogP contribution is -2.41. The van der Waals surface area contributed by atoms with Gasteiger partial charge < -0.3 is 9.64 Å². The minimum absolute atomic E-state index is 0.0749. The highest BCUT2D eigenvalue weighted by atomic mass is 32.2. The Kier molecular flexibility index (Phi) is 5.68. The lowest BCUT2D eigenvalue weighted by Gasteiger charge is -2.28. The number of hydrogen-bond acceptors (Lipinski definition) is 4. The van der Waals surface area contributed by atoms with Crippen molar-refractivity contribution in [2.24, 2.45) is 0 Å². The van der Waals surface area contributed by atoms with E-state index in [0.29, 0.717) is 24.3 Å². The molecule has 1 amide bonds. The SMILES string of the molecule is CCCCN(C(=O)c1ccc(C)c(OC)c1)C1CCS(=O)(=O)C1. The Labute approximate surface area is 138 Å². The van der Waals surface area contributed by atoms with E-state index in [-0.39, 0.29) is 23.5 Å². The lowest BCUT2D eigenvalue weighted by molar-refractivity contribution is 0.0694. The third-order valence-electron chi connectivity index (χ3n) is 4.32. The van der Waals surface area contributed by atoms with Crippen LogP contribution in [0.3, 0.4) is 0 Å². The molecule has 6 heteroatoms. The van der Waals surface area contributed by atoms with E-state index in [2.05, 4.69) is 6.92 Å². The number of benzene rings is 1. The molecule has 0 aliphatic carbocycles. The highest BCUT2D eigenvalue weighted by Gasteiger charge is 2.34. The molecule has 0 spiro atoms. The highest BCUT2D eigenvalue weighted by Crippen LogP contribution is 2.24. The summed E-state index contributed by atoms with van der Waals surface area (Å²) in [7, 11) is -1.44. The molecule has 1 fully saturated rings. The minimum atomic E-state index is -3.02. The Bertz CT molecular complexity index is 669. The lowest BCUT2D eigenvalue weighted by atomic mass is 10.1. The van der Waals surface area contributed by atoms with Crippen molar-refractivity contribution in [2.45, 2.75) is 39.2 Å². The first-order valence-electron chi connectivity index (χ1n) is 8.04.